The van der Waals surface area contributed by atoms with Gasteiger partial charge in [-0.25, -0.2) is 0 Å². The van der Waals surface area contributed by atoms with Gasteiger partial charge < -0.3 is 10.1 Å². The normalized spacial score (nSPS) is 12.8. The molecular weight excluding hydrogens is 278 g/mol. The van der Waals surface area contributed by atoms with Gasteiger partial charge in [-0.2, -0.15) is 0 Å². The highest BCUT2D eigenvalue weighted by molar-refractivity contribution is 9.10. The van der Waals surface area contributed by atoms with Gasteiger partial charge in [0.2, 0.25) is 0 Å². The first-order chi connectivity index (χ1) is 8.08. The highest BCUT2D eigenvalue weighted by Gasteiger charge is 2.14. The molecule has 2 nitrogen and oxygen atoms in total. The zero-order chi connectivity index (χ0) is 12.8. The second-order valence-electron chi connectivity index (χ2n) is 4.70. The van der Waals surface area contributed by atoms with Gasteiger partial charge in [-0.05, 0) is 49.6 Å². The fraction of sp³-hybridized carbons (Fsp3) is 0.571. The van der Waals surface area contributed by atoms with E-state index in [1.807, 2.05) is 19.2 Å². The summed E-state index contributed by atoms with van der Waals surface area (Å²) in [6.45, 7) is 4.51. The van der Waals surface area contributed by atoms with Crippen molar-refractivity contribution in [2.75, 3.05) is 14.2 Å². The first kappa shape index (κ1) is 14.5. The Bertz CT molecular complexity index is 352. The van der Waals surface area contributed by atoms with Gasteiger partial charge in [0.25, 0.3) is 0 Å². The van der Waals surface area contributed by atoms with Crippen LogP contribution in [0.15, 0.2) is 22.7 Å². The molecule has 1 aromatic carbocycles. The first-order valence-electron chi connectivity index (χ1n) is 6.09. The van der Waals surface area contributed by atoms with Crippen LogP contribution < -0.4 is 10.1 Å². The quantitative estimate of drug-likeness (QED) is 0.852. The summed E-state index contributed by atoms with van der Waals surface area (Å²) in [5.41, 5.74) is 1.27. The van der Waals surface area contributed by atoms with Gasteiger partial charge in [0.1, 0.15) is 5.75 Å². The van der Waals surface area contributed by atoms with Crippen molar-refractivity contribution < 1.29 is 4.74 Å². The van der Waals surface area contributed by atoms with Gasteiger partial charge in [0, 0.05) is 10.5 Å². The fourth-order valence-electron chi connectivity index (χ4n) is 1.87. The van der Waals surface area contributed by atoms with E-state index in [2.05, 4.69) is 41.2 Å². The van der Waals surface area contributed by atoms with Crippen LogP contribution in [0.2, 0.25) is 0 Å². The maximum atomic E-state index is 5.28. The van der Waals surface area contributed by atoms with Crippen LogP contribution in [-0.2, 0) is 0 Å². The fourth-order valence-corrected chi connectivity index (χ4v) is 2.39. The van der Waals surface area contributed by atoms with E-state index < -0.39 is 0 Å². The minimum absolute atomic E-state index is 0.377. The SMILES string of the molecule is CNC(CCC(C)C)c1cc(OC)ccc1Br. The molecule has 0 aliphatic rings. The summed E-state index contributed by atoms with van der Waals surface area (Å²) in [6.07, 6.45) is 2.36. The molecule has 1 unspecified atom stereocenters. The number of methoxy groups -OCH3 is 1. The third-order valence-corrected chi connectivity index (χ3v) is 3.68. The van der Waals surface area contributed by atoms with Crippen LogP contribution in [0.3, 0.4) is 0 Å². The predicted molar refractivity (Wildman–Crippen MR) is 76.6 cm³/mol. The third-order valence-electron chi connectivity index (χ3n) is 2.96. The molecule has 0 spiro atoms. The highest BCUT2D eigenvalue weighted by Crippen LogP contribution is 2.30. The molecule has 0 aliphatic carbocycles. The number of ether oxygens (including phenoxy) is 1. The number of hydrogen-bond acceptors (Lipinski definition) is 2. The Kier molecular flexibility index (Phi) is 6.00. The molecule has 1 aromatic rings. The van der Waals surface area contributed by atoms with Gasteiger partial charge >= 0.3 is 0 Å². The van der Waals surface area contributed by atoms with Crippen LogP contribution >= 0.6 is 15.9 Å². The number of rotatable bonds is 6. The molecule has 0 radical (unpaired) electrons. The Hall–Kier alpha value is -0.540. The van der Waals surface area contributed by atoms with Crippen LogP contribution in [0.4, 0.5) is 0 Å². The molecule has 1 rings (SSSR count). The number of nitrogens with one attached hydrogen (secondary N) is 1. The molecular formula is C14H22BrNO. The van der Waals surface area contributed by atoms with Crippen LogP contribution in [0.5, 0.6) is 5.75 Å². The second kappa shape index (κ2) is 7.02. The Morgan fingerprint density at radius 1 is 1.29 bits per heavy atom. The lowest BCUT2D eigenvalue weighted by Gasteiger charge is -2.20. The maximum Gasteiger partial charge on any atom is 0.119 e. The number of hydrogen-bond donors (Lipinski definition) is 1. The van der Waals surface area contributed by atoms with E-state index in [1.165, 1.54) is 12.0 Å². The van der Waals surface area contributed by atoms with Crippen molar-refractivity contribution >= 4 is 15.9 Å². The third kappa shape index (κ3) is 4.32. The molecule has 0 saturated heterocycles. The molecule has 0 amide bonds. The molecule has 96 valence electrons. The number of benzene rings is 1. The Labute approximate surface area is 113 Å². The summed E-state index contributed by atoms with van der Waals surface area (Å²) in [7, 11) is 3.71. The smallest absolute Gasteiger partial charge is 0.119 e. The zero-order valence-corrected chi connectivity index (χ0v) is 12.7. The van der Waals surface area contributed by atoms with E-state index in [0.29, 0.717) is 6.04 Å². The topological polar surface area (TPSA) is 21.3 Å². The summed E-state index contributed by atoms with van der Waals surface area (Å²) in [4.78, 5) is 0. The molecule has 0 saturated carbocycles. The molecule has 1 N–H and O–H groups in total. The summed E-state index contributed by atoms with van der Waals surface area (Å²) >= 11 is 3.61. The van der Waals surface area contributed by atoms with E-state index in [-0.39, 0.29) is 0 Å². The maximum absolute atomic E-state index is 5.28. The van der Waals surface area contributed by atoms with Gasteiger partial charge in [-0.1, -0.05) is 29.8 Å². The lowest BCUT2D eigenvalue weighted by Crippen LogP contribution is -2.17. The minimum Gasteiger partial charge on any atom is -0.497 e. The molecule has 3 heteroatoms. The molecule has 1 atom stereocenters. The summed E-state index contributed by atoms with van der Waals surface area (Å²) in [5, 5.41) is 3.38. The van der Waals surface area contributed by atoms with Crippen LogP contribution in [-0.4, -0.2) is 14.2 Å². The van der Waals surface area contributed by atoms with Gasteiger partial charge in [-0.15, -0.1) is 0 Å². The van der Waals surface area contributed by atoms with Gasteiger partial charge in [0.15, 0.2) is 0 Å². The second-order valence-corrected chi connectivity index (χ2v) is 5.55. The average molecular weight is 300 g/mol. The van der Waals surface area contributed by atoms with Crippen molar-refractivity contribution in [3.05, 3.63) is 28.2 Å². The van der Waals surface area contributed by atoms with Gasteiger partial charge in [0.05, 0.1) is 7.11 Å². The lowest BCUT2D eigenvalue weighted by atomic mass is 9.97. The monoisotopic (exact) mass is 299 g/mol. The summed E-state index contributed by atoms with van der Waals surface area (Å²) in [6, 6.07) is 6.50. The van der Waals surface area contributed by atoms with E-state index in [9.17, 15) is 0 Å². The zero-order valence-electron chi connectivity index (χ0n) is 11.1. The molecule has 0 heterocycles. The van der Waals surface area contributed by atoms with Crippen molar-refractivity contribution in [1.82, 2.24) is 5.32 Å². The van der Waals surface area contributed by atoms with Gasteiger partial charge in [-0.3, -0.25) is 0 Å². The number of halogens is 1. The van der Waals surface area contributed by atoms with Crippen molar-refractivity contribution in [1.29, 1.82) is 0 Å². The highest BCUT2D eigenvalue weighted by atomic mass is 79.9. The Morgan fingerprint density at radius 2 is 2.00 bits per heavy atom. The van der Waals surface area contributed by atoms with Crippen molar-refractivity contribution in [2.24, 2.45) is 5.92 Å². The molecule has 0 fully saturated rings. The van der Waals surface area contributed by atoms with E-state index in [4.69, 9.17) is 4.74 Å². The predicted octanol–water partition coefficient (Wildman–Crippen LogP) is 4.15. The molecule has 0 aromatic heterocycles. The van der Waals surface area contributed by atoms with Crippen molar-refractivity contribution in [3.63, 3.8) is 0 Å². The lowest BCUT2D eigenvalue weighted by molar-refractivity contribution is 0.411. The molecule has 17 heavy (non-hydrogen) atoms. The van der Waals surface area contributed by atoms with Crippen molar-refractivity contribution in [3.8, 4) is 5.75 Å². The van der Waals surface area contributed by atoms with E-state index >= 15 is 0 Å². The molecule has 0 bridgehead atoms. The Morgan fingerprint density at radius 3 is 2.53 bits per heavy atom. The average Bonchev–Trinajstić information content (AvgIpc) is 2.31. The molecule has 0 aliphatic heterocycles. The van der Waals surface area contributed by atoms with Crippen LogP contribution in [0.1, 0.15) is 38.3 Å². The minimum atomic E-state index is 0.377. The van der Waals surface area contributed by atoms with Crippen molar-refractivity contribution in [2.45, 2.75) is 32.7 Å². The van der Waals surface area contributed by atoms with Crippen LogP contribution in [0.25, 0.3) is 0 Å². The largest absolute Gasteiger partial charge is 0.497 e. The first-order valence-corrected chi connectivity index (χ1v) is 6.88. The van der Waals surface area contributed by atoms with E-state index in [0.717, 1.165) is 22.6 Å². The van der Waals surface area contributed by atoms with E-state index in [1.54, 1.807) is 7.11 Å². The standard InChI is InChI=1S/C14H22BrNO/c1-10(2)5-8-14(16-3)12-9-11(17-4)6-7-13(12)15/h6-7,9-10,14,16H,5,8H2,1-4H3. The van der Waals surface area contributed by atoms with Crippen LogP contribution in [0, 0.1) is 5.92 Å². The Balaban J connectivity index is 2.86. The summed E-state index contributed by atoms with van der Waals surface area (Å²) < 4.78 is 6.42. The summed E-state index contributed by atoms with van der Waals surface area (Å²) in [5.74, 6) is 1.64.